The highest BCUT2D eigenvalue weighted by atomic mass is 15.4. The Bertz CT molecular complexity index is 329. The summed E-state index contributed by atoms with van der Waals surface area (Å²) in [5, 5.41) is 0. The molecule has 0 aromatic heterocycles. The molecule has 2 fully saturated rings. The smallest absolute Gasteiger partial charge is 0.287 e. The molecule has 2 unspecified atom stereocenters. The van der Waals surface area contributed by atoms with E-state index in [2.05, 4.69) is 9.69 Å². The molecular weight excluding hydrogens is 174 g/mol. The van der Waals surface area contributed by atoms with Crippen LogP contribution in [0.15, 0.2) is 30.3 Å². The molecule has 0 saturated carbocycles. The standard InChI is InChI=1S/C7H6N2.C4H7N/c8-9-6-7-4-2-1-3-5-7;1-2-5-3-4(1)5/h1-6H;4H,1-3H2. The van der Waals surface area contributed by atoms with Gasteiger partial charge in [-0.15, -0.1) is 0 Å². The summed E-state index contributed by atoms with van der Waals surface area (Å²) in [4.78, 5) is 5.35. The minimum Gasteiger partial charge on any atom is -0.361 e. The molecule has 0 spiro atoms. The van der Waals surface area contributed by atoms with Crippen molar-refractivity contribution in [1.82, 2.24) is 4.90 Å². The van der Waals surface area contributed by atoms with Crippen LogP contribution in [0.5, 0.6) is 0 Å². The van der Waals surface area contributed by atoms with Crippen LogP contribution >= 0.6 is 0 Å². The predicted molar refractivity (Wildman–Crippen MR) is 55.2 cm³/mol. The van der Waals surface area contributed by atoms with E-state index in [1.54, 1.807) is 0 Å². The lowest BCUT2D eigenvalue weighted by atomic mass is 10.2. The molecule has 2 aliphatic heterocycles. The highest BCUT2D eigenvalue weighted by molar-refractivity contribution is 5.74. The molecule has 0 N–H and O–H groups in total. The summed E-state index contributed by atoms with van der Waals surface area (Å²) in [6.07, 6.45) is 2.88. The normalized spacial score (nSPS) is 25.7. The van der Waals surface area contributed by atoms with E-state index in [4.69, 9.17) is 5.53 Å². The first-order valence-corrected chi connectivity index (χ1v) is 4.86. The lowest BCUT2D eigenvalue weighted by molar-refractivity contribution is 0.00456. The van der Waals surface area contributed by atoms with Crippen molar-refractivity contribution in [2.45, 2.75) is 12.5 Å². The van der Waals surface area contributed by atoms with Crippen LogP contribution in [0.3, 0.4) is 0 Å². The van der Waals surface area contributed by atoms with E-state index in [0.717, 1.165) is 11.6 Å². The molecule has 1 aromatic rings. The highest BCUT2D eigenvalue weighted by Gasteiger charge is 2.41. The molecular formula is C11H13N3. The number of fused-ring (bicyclic) bond motifs is 1. The summed E-state index contributed by atoms with van der Waals surface area (Å²) in [7, 11) is 0. The van der Waals surface area contributed by atoms with Crippen molar-refractivity contribution in [1.29, 1.82) is 0 Å². The van der Waals surface area contributed by atoms with Gasteiger partial charge in [0.15, 0.2) is 0 Å². The molecule has 2 atom stereocenters. The first-order valence-electron chi connectivity index (χ1n) is 4.86. The molecule has 2 saturated heterocycles. The SMILES string of the molecule is C1CN2CC12.[N-]=[N+]=Cc1ccccc1. The predicted octanol–water partition coefficient (Wildman–Crippen LogP) is 1.41. The van der Waals surface area contributed by atoms with Crippen LogP contribution in [-0.4, -0.2) is 35.0 Å². The van der Waals surface area contributed by atoms with Crippen LogP contribution in [0.1, 0.15) is 12.0 Å². The van der Waals surface area contributed by atoms with Gasteiger partial charge in [0.2, 0.25) is 0 Å². The molecule has 1 aromatic carbocycles. The Kier molecular flexibility index (Phi) is 2.73. The monoisotopic (exact) mass is 187 g/mol. The van der Waals surface area contributed by atoms with Crippen LogP contribution in [-0.2, 0) is 0 Å². The highest BCUT2D eigenvalue weighted by Crippen LogP contribution is 2.30. The zero-order valence-corrected chi connectivity index (χ0v) is 8.00. The number of benzene rings is 1. The molecule has 0 amide bonds. The average molecular weight is 187 g/mol. The van der Waals surface area contributed by atoms with Crippen molar-refractivity contribution in [3.8, 4) is 0 Å². The van der Waals surface area contributed by atoms with Crippen molar-refractivity contribution in [2.75, 3.05) is 13.1 Å². The molecule has 72 valence electrons. The molecule has 3 nitrogen and oxygen atoms in total. The molecule has 3 heteroatoms. The molecule has 0 bridgehead atoms. The van der Waals surface area contributed by atoms with Crippen molar-refractivity contribution in [3.05, 3.63) is 41.4 Å². The molecule has 2 heterocycles. The van der Waals surface area contributed by atoms with Gasteiger partial charge in [-0.3, -0.25) is 4.90 Å². The summed E-state index contributed by atoms with van der Waals surface area (Å²) >= 11 is 0. The second kappa shape index (κ2) is 4.18. The van der Waals surface area contributed by atoms with Crippen LogP contribution in [0.4, 0.5) is 0 Å². The minimum absolute atomic E-state index is 0.903. The Morgan fingerprint density at radius 1 is 1.36 bits per heavy atom. The second-order valence-corrected chi connectivity index (χ2v) is 3.59. The number of nitrogens with zero attached hydrogens (tertiary/aromatic N) is 3. The fourth-order valence-electron chi connectivity index (χ4n) is 1.51. The lowest BCUT2D eigenvalue weighted by Crippen LogP contribution is -2.16. The first-order chi connectivity index (χ1) is 6.90. The van der Waals surface area contributed by atoms with E-state index in [1.807, 2.05) is 30.3 Å². The van der Waals surface area contributed by atoms with Gasteiger partial charge in [-0.25, -0.2) is 0 Å². The van der Waals surface area contributed by atoms with E-state index in [-0.39, 0.29) is 0 Å². The van der Waals surface area contributed by atoms with Gasteiger partial charge in [-0.2, -0.15) is 4.79 Å². The fourth-order valence-corrected chi connectivity index (χ4v) is 1.51. The maximum atomic E-state index is 8.09. The summed E-state index contributed by atoms with van der Waals surface area (Å²) in [5.41, 5.74) is 8.99. The zero-order valence-electron chi connectivity index (χ0n) is 8.00. The maximum absolute atomic E-state index is 8.09. The summed E-state index contributed by atoms with van der Waals surface area (Å²) in [5.74, 6) is 0. The lowest BCUT2D eigenvalue weighted by Gasteiger charge is -2.08. The van der Waals surface area contributed by atoms with Crippen molar-refractivity contribution in [3.63, 3.8) is 0 Å². The summed E-state index contributed by atoms with van der Waals surface area (Å²) in [6, 6.07) is 10.5. The fraction of sp³-hybridized carbons (Fsp3) is 0.364. The average Bonchev–Trinajstić information content (AvgIpc) is 2.76. The first kappa shape index (κ1) is 9.13. The van der Waals surface area contributed by atoms with Gasteiger partial charge in [-0.05, 0) is 18.6 Å². The largest absolute Gasteiger partial charge is 0.361 e. The molecule has 2 aliphatic rings. The van der Waals surface area contributed by atoms with E-state index < -0.39 is 0 Å². The van der Waals surface area contributed by atoms with Crippen molar-refractivity contribution < 1.29 is 4.79 Å². The summed E-state index contributed by atoms with van der Waals surface area (Å²) < 4.78 is 0. The van der Waals surface area contributed by atoms with E-state index >= 15 is 0 Å². The topological polar surface area (TPSA) is 39.4 Å². The van der Waals surface area contributed by atoms with Gasteiger partial charge < -0.3 is 5.53 Å². The van der Waals surface area contributed by atoms with E-state index in [9.17, 15) is 0 Å². The second-order valence-electron chi connectivity index (χ2n) is 3.59. The Morgan fingerprint density at radius 2 is 2.07 bits per heavy atom. The van der Waals surface area contributed by atoms with Gasteiger partial charge in [0.1, 0.15) is 0 Å². The Morgan fingerprint density at radius 3 is 2.43 bits per heavy atom. The Labute approximate surface area is 83.6 Å². The molecule has 0 radical (unpaired) electrons. The van der Waals surface area contributed by atoms with Crippen LogP contribution in [0.2, 0.25) is 0 Å². The maximum Gasteiger partial charge on any atom is 0.287 e. The van der Waals surface area contributed by atoms with Gasteiger partial charge in [-0.1, -0.05) is 18.2 Å². The third-order valence-electron chi connectivity index (χ3n) is 2.58. The van der Waals surface area contributed by atoms with Crippen LogP contribution in [0.25, 0.3) is 5.53 Å². The van der Waals surface area contributed by atoms with Gasteiger partial charge in [0.05, 0.1) is 5.56 Å². The molecule has 3 rings (SSSR count). The van der Waals surface area contributed by atoms with Gasteiger partial charge >= 0.3 is 0 Å². The van der Waals surface area contributed by atoms with Crippen LogP contribution in [0, 0.1) is 0 Å². The van der Waals surface area contributed by atoms with Gasteiger partial charge in [0, 0.05) is 19.1 Å². The minimum atomic E-state index is 0.903. The van der Waals surface area contributed by atoms with Crippen molar-refractivity contribution >= 4 is 6.21 Å². The third-order valence-corrected chi connectivity index (χ3v) is 2.58. The Balaban J connectivity index is 0.000000123. The molecule has 0 aliphatic carbocycles. The number of rotatable bonds is 1. The van der Waals surface area contributed by atoms with Gasteiger partial charge in [0.25, 0.3) is 6.21 Å². The van der Waals surface area contributed by atoms with Crippen molar-refractivity contribution in [2.24, 2.45) is 0 Å². The number of hydrogen-bond donors (Lipinski definition) is 0. The van der Waals surface area contributed by atoms with Crippen LogP contribution < -0.4 is 0 Å². The molecule has 14 heavy (non-hydrogen) atoms. The zero-order chi connectivity index (χ0) is 9.80. The third kappa shape index (κ3) is 2.28. The number of hydrogen-bond acceptors (Lipinski definition) is 1. The quantitative estimate of drug-likeness (QED) is 0.283. The summed E-state index contributed by atoms with van der Waals surface area (Å²) in [6.45, 7) is 2.81. The van der Waals surface area contributed by atoms with E-state index in [0.29, 0.717) is 0 Å². The Hall–Kier alpha value is -1.44. The van der Waals surface area contributed by atoms with E-state index in [1.165, 1.54) is 25.7 Å².